The van der Waals surface area contributed by atoms with Gasteiger partial charge in [0.1, 0.15) is 0 Å². The first-order chi connectivity index (χ1) is 8.38. The van der Waals surface area contributed by atoms with Gasteiger partial charge >= 0.3 is 5.97 Å². The lowest BCUT2D eigenvalue weighted by Gasteiger charge is -2.27. The number of carbonyl (C=O) groups is 1. The molecule has 0 unspecified atom stereocenters. The van der Waals surface area contributed by atoms with E-state index in [1.807, 2.05) is 6.33 Å². The third kappa shape index (κ3) is 2.74. The molecule has 0 saturated heterocycles. The van der Waals surface area contributed by atoms with Gasteiger partial charge < -0.3 is 9.67 Å². The lowest BCUT2D eigenvalue weighted by molar-refractivity contribution is -0.143. The summed E-state index contributed by atoms with van der Waals surface area (Å²) < 4.78 is 2.17. The molecule has 0 aromatic carbocycles. The molecule has 1 aliphatic rings. The van der Waals surface area contributed by atoms with Crippen molar-refractivity contribution in [3.63, 3.8) is 0 Å². The van der Waals surface area contributed by atoms with E-state index < -0.39 is 5.97 Å². The molecule has 4 nitrogen and oxygen atoms in total. The van der Waals surface area contributed by atoms with Gasteiger partial charge in [0.25, 0.3) is 0 Å². The summed E-state index contributed by atoms with van der Waals surface area (Å²) in [4.78, 5) is 15.4. The van der Waals surface area contributed by atoms with Crippen molar-refractivity contribution in [1.29, 1.82) is 0 Å². The monoisotopic (exact) mass is 250 g/mol. The van der Waals surface area contributed by atoms with Gasteiger partial charge in [0.2, 0.25) is 0 Å². The van der Waals surface area contributed by atoms with Crippen LogP contribution in [0.3, 0.4) is 0 Å². The maximum atomic E-state index is 10.9. The highest BCUT2D eigenvalue weighted by atomic mass is 16.4. The van der Waals surface area contributed by atoms with E-state index in [1.165, 1.54) is 0 Å². The van der Waals surface area contributed by atoms with Crippen LogP contribution in [0.25, 0.3) is 0 Å². The van der Waals surface area contributed by atoms with Crippen LogP contribution >= 0.6 is 0 Å². The average molecular weight is 250 g/mol. The number of rotatable bonds is 2. The molecule has 0 atom stereocenters. The molecule has 0 amide bonds. The second kappa shape index (κ2) is 4.75. The maximum absolute atomic E-state index is 10.9. The Balaban J connectivity index is 2.02. The Morgan fingerprint density at radius 2 is 1.94 bits per heavy atom. The fraction of sp³-hybridized carbons (Fsp3) is 0.714. The Bertz CT molecular complexity index is 423. The van der Waals surface area contributed by atoms with E-state index in [4.69, 9.17) is 5.11 Å². The van der Waals surface area contributed by atoms with Gasteiger partial charge in [-0.15, -0.1) is 0 Å². The van der Waals surface area contributed by atoms with Crippen molar-refractivity contribution in [2.75, 3.05) is 0 Å². The zero-order valence-electron chi connectivity index (χ0n) is 11.4. The molecule has 2 rings (SSSR count). The van der Waals surface area contributed by atoms with Crippen molar-refractivity contribution in [2.45, 2.75) is 57.9 Å². The van der Waals surface area contributed by atoms with Crippen molar-refractivity contribution in [2.24, 2.45) is 5.92 Å². The molecule has 1 saturated carbocycles. The molecule has 18 heavy (non-hydrogen) atoms. The van der Waals surface area contributed by atoms with Gasteiger partial charge in [-0.3, -0.25) is 4.79 Å². The normalized spacial score (nSPS) is 25.1. The molecule has 1 aliphatic carbocycles. The van der Waals surface area contributed by atoms with Gasteiger partial charge in [-0.25, -0.2) is 4.98 Å². The fourth-order valence-electron chi connectivity index (χ4n) is 2.54. The van der Waals surface area contributed by atoms with E-state index in [2.05, 4.69) is 36.5 Å². The van der Waals surface area contributed by atoms with Gasteiger partial charge in [-0.2, -0.15) is 0 Å². The lowest BCUT2D eigenvalue weighted by atomic mass is 9.86. The van der Waals surface area contributed by atoms with E-state index in [0.29, 0.717) is 6.04 Å². The van der Waals surface area contributed by atoms with E-state index in [1.54, 1.807) is 0 Å². The Morgan fingerprint density at radius 1 is 1.33 bits per heavy atom. The minimum absolute atomic E-state index is 0.0729. The quantitative estimate of drug-likeness (QED) is 0.877. The topological polar surface area (TPSA) is 55.1 Å². The molecule has 100 valence electrons. The first kappa shape index (κ1) is 13.1. The van der Waals surface area contributed by atoms with Crippen LogP contribution in [0.15, 0.2) is 12.5 Å². The molecule has 1 aromatic rings. The minimum Gasteiger partial charge on any atom is -0.481 e. The molecule has 1 fully saturated rings. The maximum Gasteiger partial charge on any atom is 0.306 e. The third-order valence-corrected chi connectivity index (χ3v) is 3.84. The van der Waals surface area contributed by atoms with Crippen molar-refractivity contribution in [3.05, 3.63) is 18.2 Å². The Hall–Kier alpha value is -1.32. The zero-order valence-corrected chi connectivity index (χ0v) is 11.4. The van der Waals surface area contributed by atoms with Crippen molar-refractivity contribution < 1.29 is 9.90 Å². The number of aliphatic carboxylic acids is 1. The summed E-state index contributed by atoms with van der Waals surface area (Å²) >= 11 is 0. The van der Waals surface area contributed by atoms with E-state index in [0.717, 1.165) is 31.4 Å². The van der Waals surface area contributed by atoms with Crippen LogP contribution in [0.5, 0.6) is 0 Å². The van der Waals surface area contributed by atoms with Crippen LogP contribution < -0.4 is 0 Å². The minimum atomic E-state index is -0.644. The summed E-state index contributed by atoms with van der Waals surface area (Å²) in [6.45, 7) is 6.46. The lowest BCUT2D eigenvalue weighted by Crippen LogP contribution is -2.22. The van der Waals surface area contributed by atoms with Crippen LogP contribution in [0.2, 0.25) is 0 Å². The molecular weight excluding hydrogens is 228 g/mol. The highest BCUT2D eigenvalue weighted by Crippen LogP contribution is 2.33. The first-order valence-corrected chi connectivity index (χ1v) is 6.64. The number of aromatic nitrogens is 2. The molecule has 1 heterocycles. The average Bonchev–Trinajstić information content (AvgIpc) is 2.78. The van der Waals surface area contributed by atoms with Crippen LogP contribution in [-0.4, -0.2) is 20.6 Å². The summed E-state index contributed by atoms with van der Waals surface area (Å²) in [5.74, 6) is -0.790. The molecule has 1 N–H and O–H groups in total. The standard InChI is InChI=1S/C14H22N2O2/c1-14(2,3)12-8-16(9-15-12)11-6-4-10(5-7-11)13(17)18/h8-11H,4-7H2,1-3H3,(H,17,18). The van der Waals surface area contributed by atoms with E-state index in [9.17, 15) is 4.79 Å². The van der Waals surface area contributed by atoms with Gasteiger partial charge in [0.05, 0.1) is 17.9 Å². The summed E-state index contributed by atoms with van der Waals surface area (Å²) in [5, 5.41) is 8.99. The molecular formula is C14H22N2O2. The van der Waals surface area contributed by atoms with Gasteiger partial charge in [-0.05, 0) is 25.7 Å². The largest absolute Gasteiger partial charge is 0.481 e. The van der Waals surface area contributed by atoms with Crippen molar-refractivity contribution in [1.82, 2.24) is 9.55 Å². The van der Waals surface area contributed by atoms with Gasteiger partial charge in [-0.1, -0.05) is 20.8 Å². The molecule has 0 spiro atoms. The van der Waals surface area contributed by atoms with Gasteiger partial charge in [0.15, 0.2) is 0 Å². The number of hydrogen-bond acceptors (Lipinski definition) is 2. The molecule has 4 heteroatoms. The van der Waals surface area contributed by atoms with E-state index in [-0.39, 0.29) is 11.3 Å². The predicted molar refractivity (Wildman–Crippen MR) is 69.6 cm³/mol. The van der Waals surface area contributed by atoms with Crippen LogP contribution in [0.1, 0.15) is 58.2 Å². The number of nitrogens with zero attached hydrogens (tertiary/aromatic N) is 2. The zero-order chi connectivity index (χ0) is 13.3. The summed E-state index contributed by atoms with van der Waals surface area (Å²) in [6, 6.07) is 0.421. The second-order valence-corrected chi connectivity index (χ2v) is 6.30. The van der Waals surface area contributed by atoms with Crippen LogP contribution in [0.4, 0.5) is 0 Å². The number of hydrogen-bond donors (Lipinski definition) is 1. The Kier molecular flexibility index (Phi) is 3.46. The number of imidazole rings is 1. The van der Waals surface area contributed by atoms with E-state index >= 15 is 0 Å². The van der Waals surface area contributed by atoms with Crippen molar-refractivity contribution in [3.8, 4) is 0 Å². The molecule has 1 aromatic heterocycles. The van der Waals surface area contributed by atoms with Crippen molar-refractivity contribution >= 4 is 5.97 Å². The highest BCUT2D eigenvalue weighted by Gasteiger charge is 2.27. The van der Waals surface area contributed by atoms with Crippen LogP contribution in [0, 0.1) is 5.92 Å². The fourth-order valence-corrected chi connectivity index (χ4v) is 2.54. The SMILES string of the molecule is CC(C)(C)c1cn(C2CCC(C(=O)O)CC2)cn1. The summed E-state index contributed by atoms with van der Waals surface area (Å²) in [5.41, 5.74) is 1.17. The third-order valence-electron chi connectivity index (χ3n) is 3.84. The molecule has 0 aliphatic heterocycles. The second-order valence-electron chi connectivity index (χ2n) is 6.30. The number of carboxylic acid groups (broad SMARTS) is 1. The molecule has 0 radical (unpaired) electrons. The highest BCUT2D eigenvalue weighted by molar-refractivity contribution is 5.70. The smallest absolute Gasteiger partial charge is 0.306 e. The first-order valence-electron chi connectivity index (χ1n) is 6.64. The molecule has 0 bridgehead atoms. The number of carboxylic acids is 1. The Labute approximate surface area is 108 Å². The van der Waals surface area contributed by atoms with Crippen LogP contribution in [-0.2, 0) is 10.2 Å². The summed E-state index contributed by atoms with van der Waals surface area (Å²) in [6.07, 6.45) is 7.46. The van der Waals surface area contributed by atoms with Gasteiger partial charge in [0, 0.05) is 17.7 Å². The predicted octanol–water partition coefficient (Wildman–Crippen LogP) is 3.00. The summed E-state index contributed by atoms with van der Waals surface area (Å²) in [7, 11) is 0. The Morgan fingerprint density at radius 3 is 2.39 bits per heavy atom.